The Bertz CT molecular complexity index is 514. The lowest BCUT2D eigenvalue weighted by Crippen LogP contribution is -2.40. The second kappa shape index (κ2) is 12.5. The van der Waals surface area contributed by atoms with E-state index in [1.54, 1.807) is 0 Å². The van der Waals surface area contributed by atoms with Gasteiger partial charge in [-0.2, -0.15) is 0 Å². The first kappa shape index (κ1) is 21.2. The Morgan fingerprint density at radius 1 is 1.00 bits per heavy atom. The molecule has 5 nitrogen and oxygen atoms in total. The number of benzene rings is 1. The van der Waals surface area contributed by atoms with Crippen molar-refractivity contribution in [1.82, 2.24) is 5.32 Å². The van der Waals surface area contributed by atoms with Gasteiger partial charge >= 0.3 is 5.97 Å². The van der Waals surface area contributed by atoms with E-state index in [-0.39, 0.29) is 12.3 Å². The van der Waals surface area contributed by atoms with E-state index in [0.717, 1.165) is 44.9 Å². The summed E-state index contributed by atoms with van der Waals surface area (Å²) < 4.78 is 0. The van der Waals surface area contributed by atoms with E-state index in [1.165, 1.54) is 5.56 Å². The molecule has 0 aromatic heterocycles. The number of carboxylic acids is 1. The van der Waals surface area contributed by atoms with Crippen molar-refractivity contribution >= 4 is 17.6 Å². The Balaban J connectivity index is 2.42. The minimum atomic E-state index is -0.986. The third-order valence-electron chi connectivity index (χ3n) is 4.17. The molecule has 0 aliphatic carbocycles. The molecule has 0 heterocycles. The molecule has 1 amide bonds. The molecule has 1 atom stereocenters. The highest BCUT2D eigenvalue weighted by atomic mass is 16.4. The fourth-order valence-corrected chi connectivity index (χ4v) is 2.61. The molecule has 0 aliphatic heterocycles. The number of anilines is 1. The zero-order valence-electron chi connectivity index (χ0n) is 15.5. The number of hydrogen-bond acceptors (Lipinski definition) is 3. The van der Waals surface area contributed by atoms with E-state index in [2.05, 4.69) is 24.5 Å². The molecule has 25 heavy (non-hydrogen) atoms. The van der Waals surface area contributed by atoms with Crippen molar-refractivity contribution in [3.05, 3.63) is 29.8 Å². The summed E-state index contributed by atoms with van der Waals surface area (Å²) in [6, 6.07) is 6.91. The lowest BCUT2D eigenvalue weighted by molar-refractivity contribution is -0.141. The van der Waals surface area contributed by atoms with Gasteiger partial charge in [0, 0.05) is 5.69 Å². The Hall–Kier alpha value is -1.88. The van der Waals surface area contributed by atoms with Crippen LogP contribution in [0.5, 0.6) is 0 Å². The summed E-state index contributed by atoms with van der Waals surface area (Å²) >= 11 is 0. The van der Waals surface area contributed by atoms with Gasteiger partial charge in [0.05, 0.1) is 6.42 Å². The molecule has 0 saturated heterocycles. The Labute approximate surface area is 151 Å². The first-order valence-electron chi connectivity index (χ1n) is 9.41. The molecule has 0 spiro atoms. The zero-order valence-corrected chi connectivity index (χ0v) is 15.5. The van der Waals surface area contributed by atoms with Crippen molar-refractivity contribution in [3.8, 4) is 0 Å². The maximum atomic E-state index is 12.1. The van der Waals surface area contributed by atoms with Crippen molar-refractivity contribution in [1.29, 1.82) is 0 Å². The smallest absolute Gasteiger partial charge is 0.321 e. The van der Waals surface area contributed by atoms with E-state index in [4.69, 9.17) is 0 Å². The number of amides is 1. The van der Waals surface area contributed by atoms with Gasteiger partial charge in [0.1, 0.15) is 6.04 Å². The molecule has 0 aliphatic rings. The van der Waals surface area contributed by atoms with Gasteiger partial charge in [-0.1, -0.05) is 51.7 Å². The van der Waals surface area contributed by atoms with Crippen molar-refractivity contribution in [2.45, 2.75) is 71.3 Å². The highest BCUT2D eigenvalue weighted by Gasteiger charge is 2.20. The number of hydrogen-bond donors (Lipinski definition) is 3. The number of nitrogens with one attached hydrogen (secondary N) is 2. The van der Waals surface area contributed by atoms with Crippen LogP contribution in [0.15, 0.2) is 24.3 Å². The molecule has 1 unspecified atom stereocenters. The van der Waals surface area contributed by atoms with Crippen LogP contribution in [0.3, 0.4) is 0 Å². The lowest BCUT2D eigenvalue weighted by Gasteiger charge is -2.14. The molecule has 1 rings (SSSR count). The standard InChI is InChI=1S/C20H32N2O3/c1-3-5-7-8-14-21-18(20(24)25)15-19(23)22-17-12-10-16(11-13-17)9-6-4-2/h10-13,18,21H,3-9,14-15H2,1-2H3,(H,22,23)(H,24,25). The summed E-state index contributed by atoms with van der Waals surface area (Å²) in [4.78, 5) is 23.4. The van der Waals surface area contributed by atoms with Crippen molar-refractivity contribution < 1.29 is 14.7 Å². The predicted molar refractivity (Wildman–Crippen MR) is 102 cm³/mol. The third kappa shape index (κ3) is 9.25. The topological polar surface area (TPSA) is 78.4 Å². The number of aryl methyl sites for hydroxylation is 1. The molecule has 1 aromatic rings. The predicted octanol–water partition coefficient (Wildman–Crippen LogP) is 3.98. The van der Waals surface area contributed by atoms with Crippen LogP contribution in [-0.4, -0.2) is 29.6 Å². The molecular formula is C20H32N2O3. The van der Waals surface area contributed by atoms with Gasteiger partial charge in [-0.25, -0.2) is 0 Å². The largest absolute Gasteiger partial charge is 0.480 e. The number of aliphatic carboxylic acids is 1. The molecule has 5 heteroatoms. The van der Waals surface area contributed by atoms with Gasteiger partial charge in [0.25, 0.3) is 0 Å². The van der Waals surface area contributed by atoms with E-state index >= 15 is 0 Å². The minimum absolute atomic E-state index is 0.0688. The van der Waals surface area contributed by atoms with Crippen molar-refractivity contribution in [2.24, 2.45) is 0 Å². The Morgan fingerprint density at radius 3 is 2.28 bits per heavy atom. The quantitative estimate of drug-likeness (QED) is 0.471. The molecule has 0 fully saturated rings. The summed E-state index contributed by atoms with van der Waals surface area (Å²) in [6.45, 7) is 4.91. The van der Waals surface area contributed by atoms with Crippen molar-refractivity contribution in [3.63, 3.8) is 0 Å². The summed E-state index contributed by atoms with van der Waals surface area (Å²) in [5.74, 6) is -1.27. The molecule has 0 bridgehead atoms. The first-order valence-corrected chi connectivity index (χ1v) is 9.41. The van der Waals surface area contributed by atoms with E-state index in [1.807, 2.05) is 24.3 Å². The normalized spacial score (nSPS) is 11.9. The number of carboxylic acid groups (broad SMARTS) is 1. The summed E-state index contributed by atoms with van der Waals surface area (Å²) in [6.07, 6.45) is 7.56. The molecule has 0 saturated carbocycles. The van der Waals surface area contributed by atoms with E-state index in [0.29, 0.717) is 12.2 Å². The van der Waals surface area contributed by atoms with Gasteiger partial charge in [0.15, 0.2) is 0 Å². The van der Waals surface area contributed by atoms with Gasteiger partial charge in [-0.15, -0.1) is 0 Å². The van der Waals surface area contributed by atoms with Crippen LogP contribution >= 0.6 is 0 Å². The first-order chi connectivity index (χ1) is 12.1. The maximum absolute atomic E-state index is 12.1. The molecule has 0 radical (unpaired) electrons. The van der Waals surface area contributed by atoms with Crippen LogP contribution in [0.2, 0.25) is 0 Å². The minimum Gasteiger partial charge on any atom is -0.480 e. The highest BCUT2D eigenvalue weighted by Crippen LogP contribution is 2.12. The van der Waals surface area contributed by atoms with Crippen LogP contribution in [0, 0.1) is 0 Å². The number of unbranched alkanes of at least 4 members (excludes halogenated alkanes) is 4. The van der Waals surface area contributed by atoms with Crippen LogP contribution < -0.4 is 10.6 Å². The molecule has 140 valence electrons. The van der Waals surface area contributed by atoms with Crippen LogP contribution in [-0.2, 0) is 16.0 Å². The summed E-state index contributed by atoms with van der Waals surface area (Å²) in [7, 11) is 0. The van der Waals surface area contributed by atoms with E-state index < -0.39 is 12.0 Å². The maximum Gasteiger partial charge on any atom is 0.321 e. The fourth-order valence-electron chi connectivity index (χ4n) is 2.61. The van der Waals surface area contributed by atoms with E-state index in [9.17, 15) is 14.7 Å². The molecule has 3 N–H and O–H groups in total. The second-order valence-electron chi connectivity index (χ2n) is 6.46. The number of carbonyl (C=O) groups excluding carboxylic acids is 1. The van der Waals surface area contributed by atoms with Gasteiger partial charge in [-0.3, -0.25) is 9.59 Å². The number of carbonyl (C=O) groups is 2. The number of rotatable bonds is 13. The Morgan fingerprint density at radius 2 is 1.68 bits per heavy atom. The SMILES string of the molecule is CCCCCCNC(CC(=O)Nc1ccc(CCCC)cc1)C(=O)O. The van der Waals surface area contributed by atoms with Crippen LogP contribution in [0.25, 0.3) is 0 Å². The average molecular weight is 348 g/mol. The van der Waals surface area contributed by atoms with Gasteiger partial charge < -0.3 is 15.7 Å². The molecule has 1 aromatic carbocycles. The third-order valence-corrected chi connectivity index (χ3v) is 4.17. The van der Waals surface area contributed by atoms with Gasteiger partial charge in [0.2, 0.25) is 5.91 Å². The van der Waals surface area contributed by atoms with Crippen molar-refractivity contribution in [2.75, 3.05) is 11.9 Å². The average Bonchev–Trinajstić information content (AvgIpc) is 2.59. The Kier molecular flexibility index (Phi) is 10.6. The summed E-state index contributed by atoms with van der Waals surface area (Å²) in [5, 5.41) is 15.0. The molecular weight excluding hydrogens is 316 g/mol. The lowest BCUT2D eigenvalue weighted by atomic mass is 10.1. The zero-order chi connectivity index (χ0) is 18.5. The van der Waals surface area contributed by atoms with Crippen LogP contribution in [0.1, 0.15) is 64.4 Å². The fraction of sp³-hybridized carbons (Fsp3) is 0.600. The monoisotopic (exact) mass is 348 g/mol. The summed E-state index contributed by atoms with van der Waals surface area (Å²) in [5.41, 5.74) is 1.95. The second-order valence-corrected chi connectivity index (χ2v) is 6.46. The van der Waals surface area contributed by atoms with Crippen LogP contribution in [0.4, 0.5) is 5.69 Å². The highest BCUT2D eigenvalue weighted by molar-refractivity contribution is 5.94. The van der Waals surface area contributed by atoms with Gasteiger partial charge in [-0.05, 0) is 43.5 Å².